The second-order valence-electron chi connectivity index (χ2n) is 6.68. The van der Waals surface area contributed by atoms with Crippen LogP contribution in [-0.2, 0) is 24.2 Å². The molecule has 1 aromatic carbocycles. The van der Waals surface area contributed by atoms with E-state index >= 15 is 0 Å². The summed E-state index contributed by atoms with van der Waals surface area (Å²) in [6.07, 6.45) is 5.66. The second kappa shape index (κ2) is 9.30. The van der Waals surface area contributed by atoms with Crippen molar-refractivity contribution in [2.75, 3.05) is 13.2 Å². The highest BCUT2D eigenvalue weighted by molar-refractivity contribution is 5.95. The van der Waals surface area contributed by atoms with Crippen molar-refractivity contribution >= 4 is 11.7 Å². The van der Waals surface area contributed by atoms with Crippen molar-refractivity contribution in [3.05, 3.63) is 41.5 Å². The molecule has 0 unspecified atom stereocenters. The largest absolute Gasteiger partial charge is 0.484 e. The van der Waals surface area contributed by atoms with Crippen molar-refractivity contribution in [3.63, 3.8) is 0 Å². The van der Waals surface area contributed by atoms with Crippen LogP contribution in [0.2, 0.25) is 0 Å². The van der Waals surface area contributed by atoms with Gasteiger partial charge in [0, 0.05) is 37.9 Å². The number of carbonyl (C=O) groups excluding carboxylic acids is 2. The van der Waals surface area contributed by atoms with E-state index in [0.29, 0.717) is 30.7 Å². The van der Waals surface area contributed by atoms with Crippen molar-refractivity contribution in [2.45, 2.75) is 52.0 Å². The molecule has 7 heteroatoms. The van der Waals surface area contributed by atoms with Crippen LogP contribution in [0.15, 0.2) is 24.3 Å². The van der Waals surface area contributed by atoms with Crippen LogP contribution in [-0.4, -0.2) is 39.6 Å². The minimum atomic E-state index is -0.181. The molecule has 1 aliphatic heterocycles. The van der Waals surface area contributed by atoms with Crippen molar-refractivity contribution in [1.29, 1.82) is 0 Å². The highest BCUT2D eigenvalue weighted by atomic mass is 16.5. The van der Waals surface area contributed by atoms with Crippen molar-refractivity contribution in [2.24, 2.45) is 0 Å². The molecule has 7 nitrogen and oxygen atoms in total. The number of ketones is 1. The summed E-state index contributed by atoms with van der Waals surface area (Å²) in [5, 5.41) is 11.4. The van der Waals surface area contributed by atoms with Gasteiger partial charge in [-0.3, -0.25) is 9.59 Å². The van der Waals surface area contributed by atoms with Gasteiger partial charge in [0.1, 0.15) is 17.4 Å². The second-order valence-corrected chi connectivity index (χ2v) is 6.68. The van der Waals surface area contributed by atoms with Crippen LogP contribution < -0.4 is 10.1 Å². The number of nitrogens with one attached hydrogen (secondary N) is 1. The van der Waals surface area contributed by atoms with E-state index in [2.05, 4.69) is 20.1 Å². The predicted molar refractivity (Wildman–Crippen MR) is 101 cm³/mol. The summed E-state index contributed by atoms with van der Waals surface area (Å²) < 4.78 is 7.66. The molecule has 144 valence electrons. The molecule has 1 amide bonds. The maximum atomic E-state index is 12.0. The van der Waals surface area contributed by atoms with Crippen molar-refractivity contribution in [3.8, 4) is 5.75 Å². The summed E-state index contributed by atoms with van der Waals surface area (Å²) in [6, 6.07) is 6.86. The van der Waals surface area contributed by atoms with Crippen molar-refractivity contribution < 1.29 is 14.3 Å². The Bertz CT molecular complexity index is 783. The Balaban J connectivity index is 1.41. The molecular formula is C20H26N4O3. The number of fused-ring (bicyclic) bond motifs is 1. The fourth-order valence-electron chi connectivity index (χ4n) is 3.19. The third kappa shape index (κ3) is 5.15. The topological polar surface area (TPSA) is 86.1 Å². The van der Waals surface area contributed by atoms with E-state index in [1.54, 1.807) is 24.3 Å². The fourth-order valence-corrected chi connectivity index (χ4v) is 3.19. The summed E-state index contributed by atoms with van der Waals surface area (Å²) in [4.78, 5) is 23.6. The lowest BCUT2D eigenvalue weighted by Gasteiger charge is -2.09. The normalized spacial score (nSPS) is 13.5. The van der Waals surface area contributed by atoms with E-state index < -0.39 is 0 Å². The predicted octanol–water partition coefficient (Wildman–Crippen LogP) is 2.33. The van der Waals surface area contributed by atoms with Gasteiger partial charge in [0.15, 0.2) is 12.4 Å². The summed E-state index contributed by atoms with van der Waals surface area (Å²) in [7, 11) is 0. The molecule has 1 aliphatic rings. The van der Waals surface area contributed by atoms with E-state index in [9.17, 15) is 9.59 Å². The fraction of sp³-hybridized carbons (Fsp3) is 0.500. The maximum Gasteiger partial charge on any atom is 0.257 e. The smallest absolute Gasteiger partial charge is 0.257 e. The zero-order chi connectivity index (χ0) is 19.1. The van der Waals surface area contributed by atoms with Gasteiger partial charge in [-0.25, -0.2) is 0 Å². The zero-order valence-corrected chi connectivity index (χ0v) is 15.7. The third-order valence-corrected chi connectivity index (χ3v) is 4.72. The summed E-state index contributed by atoms with van der Waals surface area (Å²) in [6.45, 7) is 3.24. The van der Waals surface area contributed by atoms with Gasteiger partial charge in [-0.05, 0) is 37.1 Å². The Hall–Kier alpha value is -2.70. The standard InChI is InChI=1S/C20H26N4O3/c1-2-17(25)15-7-9-16(10-8-15)27-14-20(26)21-12-11-19-23-22-18-6-4-3-5-13-24(18)19/h7-10H,2-6,11-14H2,1H3,(H,21,26). The lowest BCUT2D eigenvalue weighted by molar-refractivity contribution is -0.123. The quantitative estimate of drug-likeness (QED) is 0.721. The Morgan fingerprint density at radius 1 is 1.15 bits per heavy atom. The van der Waals surface area contributed by atoms with Crippen LogP contribution in [0.1, 0.15) is 54.6 Å². The number of nitrogens with zero attached hydrogens (tertiary/aromatic N) is 3. The molecule has 0 bridgehead atoms. The molecule has 1 aromatic heterocycles. The van der Waals surface area contributed by atoms with Gasteiger partial charge in [-0.2, -0.15) is 0 Å². The maximum absolute atomic E-state index is 12.0. The number of hydrogen-bond acceptors (Lipinski definition) is 5. The van der Waals surface area contributed by atoms with Crippen LogP contribution in [0.3, 0.4) is 0 Å². The first-order valence-corrected chi connectivity index (χ1v) is 9.61. The van der Waals surface area contributed by atoms with E-state index in [4.69, 9.17) is 4.74 Å². The lowest BCUT2D eigenvalue weighted by Crippen LogP contribution is -2.31. The van der Waals surface area contributed by atoms with E-state index in [1.807, 2.05) is 6.92 Å². The molecule has 0 fully saturated rings. The van der Waals surface area contributed by atoms with Gasteiger partial charge in [-0.15, -0.1) is 10.2 Å². The number of ether oxygens (including phenoxy) is 1. The van der Waals surface area contributed by atoms with Crippen LogP contribution in [0, 0.1) is 0 Å². The Morgan fingerprint density at radius 2 is 1.96 bits per heavy atom. The minimum Gasteiger partial charge on any atom is -0.484 e. The molecule has 2 heterocycles. The number of amides is 1. The number of hydrogen-bond donors (Lipinski definition) is 1. The van der Waals surface area contributed by atoms with Crippen molar-refractivity contribution in [1.82, 2.24) is 20.1 Å². The van der Waals surface area contributed by atoms with Gasteiger partial charge in [0.05, 0.1) is 0 Å². The number of rotatable bonds is 8. The monoisotopic (exact) mass is 370 g/mol. The Labute approximate surface area is 159 Å². The Morgan fingerprint density at radius 3 is 2.74 bits per heavy atom. The number of Topliss-reactive ketones (excluding diaryl/α,β-unsaturated/α-hetero) is 1. The van der Waals surface area contributed by atoms with Crippen LogP contribution in [0.4, 0.5) is 0 Å². The molecule has 0 atom stereocenters. The zero-order valence-electron chi connectivity index (χ0n) is 15.7. The highest BCUT2D eigenvalue weighted by Crippen LogP contribution is 2.15. The number of aromatic nitrogens is 3. The molecule has 0 saturated heterocycles. The van der Waals surface area contributed by atoms with Gasteiger partial charge >= 0.3 is 0 Å². The molecule has 0 aliphatic carbocycles. The van der Waals surface area contributed by atoms with Gasteiger partial charge < -0.3 is 14.6 Å². The average Bonchev–Trinajstić information content (AvgIpc) is 2.92. The molecule has 0 spiro atoms. The SMILES string of the molecule is CCC(=O)c1ccc(OCC(=O)NCCc2nnc3n2CCCCC3)cc1. The number of benzene rings is 1. The summed E-state index contributed by atoms with van der Waals surface area (Å²) in [5.41, 5.74) is 0.654. The first kappa shape index (κ1) is 19.1. The number of carbonyl (C=O) groups is 2. The van der Waals surface area contributed by atoms with E-state index in [-0.39, 0.29) is 18.3 Å². The average molecular weight is 370 g/mol. The van der Waals surface area contributed by atoms with Gasteiger partial charge in [0.25, 0.3) is 5.91 Å². The summed E-state index contributed by atoms with van der Waals surface area (Å²) in [5.74, 6) is 2.47. The highest BCUT2D eigenvalue weighted by Gasteiger charge is 2.14. The molecule has 0 radical (unpaired) electrons. The van der Waals surface area contributed by atoms with E-state index in [0.717, 1.165) is 31.0 Å². The van der Waals surface area contributed by atoms with Crippen LogP contribution in [0.5, 0.6) is 5.75 Å². The van der Waals surface area contributed by atoms with Gasteiger partial charge in [0.2, 0.25) is 0 Å². The first-order valence-electron chi connectivity index (χ1n) is 9.61. The molecule has 0 saturated carbocycles. The minimum absolute atomic E-state index is 0.0565. The Kier molecular flexibility index (Phi) is 6.57. The molecule has 2 aromatic rings. The third-order valence-electron chi connectivity index (χ3n) is 4.72. The van der Waals surface area contributed by atoms with E-state index in [1.165, 1.54) is 12.8 Å². The summed E-state index contributed by atoms with van der Waals surface area (Å²) >= 11 is 0. The first-order chi connectivity index (χ1) is 13.2. The van der Waals surface area contributed by atoms with Crippen LogP contribution in [0.25, 0.3) is 0 Å². The lowest BCUT2D eigenvalue weighted by atomic mass is 10.1. The molecule has 3 rings (SSSR count). The van der Waals surface area contributed by atoms with Crippen LogP contribution >= 0.6 is 0 Å². The molecular weight excluding hydrogens is 344 g/mol. The molecule has 27 heavy (non-hydrogen) atoms. The molecule has 1 N–H and O–H groups in total. The van der Waals surface area contributed by atoms with Gasteiger partial charge in [-0.1, -0.05) is 13.3 Å². The number of aryl methyl sites for hydroxylation is 1.